The van der Waals surface area contributed by atoms with Gasteiger partial charge in [-0.25, -0.2) is 0 Å². The summed E-state index contributed by atoms with van der Waals surface area (Å²) in [5.74, 6) is 1.72. The highest BCUT2D eigenvalue weighted by atomic mass is 79.9. The molecule has 0 saturated carbocycles. The summed E-state index contributed by atoms with van der Waals surface area (Å²) < 4.78 is 6.68. The number of nitrogens with one attached hydrogen (secondary N) is 1. The Kier molecular flexibility index (Phi) is 7.29. The molecule has 0 heterocycles. The van der Waals surface area contributed by atoms with Gasteiger partial charge in [0, 0.05) is 11.0 Å². The monoisotopic (exact) mass is 299 g/mol. The average molecular weight is 300 g/mol. The summed E-state index contributed by atoms with van der Waals surface area (Å²) in [4.78, 5) is 0. The molecule has 0 aliphatic carbocycles. The number of hydrogen-bond donors (Lipinski definition) is 1. The highest BCUT2D eigenvalue weighted by molar-refractivity contribution is 9.10. The minimum atomic E-state index is 0.720. The maximum Gasteiger partial charge on any atom is 0.120 e. The molecule has 0 amide bonds. The van der Waals surface area contributed by atoms with Crippen molar-refractivity contribution >= 4 is 15.9 Å². The van der Waals surface area contributed by atoms with Gasteiger partial charge in [0.2, 0.25) is 0 Å². The van der Waals surface area contributed by atoms with Gasteiger partial charge in [0.25, 0.3) is 0 Å². The Hall–Kier alpha value is -0.540. The fourth-order valence-electron chi connectivity index (χ4n) is 1.56. The lowest BCUT2D eigenvalue weighted by atomic mass is 10.1. The van der Waals surface area contributed by atoms with Crippen LogP contribution in [0, 0.1) is 5.92 Å². The topological polar surface area (TPSA) is 21.3 Å². The van der Waals surface area contributed by atoms with E-state index in [-0.39, 0.29) is 0 Å². The summed E-state index contributed by atoms with van der Waals surface area (Å²) in [6.45, 7) is 7.23. The zero-order valence-electron chi connectivity index (χ0n) is 10.7. The average Bonchev–Trinajstić information content (AvgIpc) is 2.27. The van der Waals surface area contributed by atoms with E-state index in [2.05, 4.69) is 35.1 Å². The molecule has 0 aliphatic heterocycles. The van der Waals surface area contributed by atoms with Gasteiger partial charge in [-0.05, 0) is 43.5 Å². The molecule has 0 bridgehead atoms. The molecule has 17 heavy (non-hydrogen) atoms. The van der Waals surface area contributed by atoms with E-state index in [0.29, 0.717) is 0 Å². The summed E-state index contributed by atoms with van der Waals surface area (Å²) in [5.41, 5.74) is 0. The van der Waals surface area contributed by atoms with E-state index in [9.17, 15) is 0 Å². The molecule has 1 N–H and O–H groups in total. The van der Waals surface area contributed by atoms with E-state index < -0.39 is 0 Å². The number of benzene rings is 1. The molecule has 1 rings (SSSR count). The number of hydrogen-bond acceptors (Lipinski definition) is 2. The van der Waals surface area contributed by atoms with Crippen LogP contribution in [0.25, 0.3) is 0 Å². The zero-order valence-corrected chi connectivity index (χ0v) is 12.3. The predicted octanol–water partition coefficient (Wildman–Crippen LogP) is 3.85. The molecule has 0 aliphatic rings. The van der Waals surface area contributed by atoms with Crippen molar-refractivity contribution in [1.82, 2.24) is 5.32 Å². The number of rotatable bonds is 8. The number of ether oxygens (including phenoxy) is 1. The number of halogens is 1. The van der Waals surface area contributed by atoms with E-state index in [4.69, 9.17) is 4.74 Å². The first-order chi connectivity index (χ1) is 8.18. The smallest absolute Gasteiger partial charge is 0.120 e. The van der Waals surface area contributed by atoms with Crippen LogP contribution in [0.3, 0.4) is 0 Å². The van der Waals surface area contributed by atoms with Crippen LogP contribution in [0.5, 0.6) is 5.75 Å². The molecule has 0 spiro atoms. The second-order valence-corrected chi connectivity index (χ2v) is 5.51. The SMILES string of the molecule is CC(C)CCCNCCOc1cccc(Br)c1. The van der Waals surface area contributed by atoms with Crippen LogP contribution in [-0.4, -0.2) is 19.7 Å². The van der Waals surface area contributed by atoms with E-state index >= 15 is 0 Å². The minimum absolute atomic E-state index is 0.720. The largest absolute Gasteiger partial charge is 0.492 e. The van der Waals surface area contributed by atoms with E-state index in [1.165, 1.54) is 12.8 Å². The lowest BCUT2D eigenvalue weighted by Gasteiger charge is -2.08. The van der Waals surface area contributed by atoms with Gasteiger partial charge in [-0.3, -0.25) is 0 Å². The van der Waals surface area contributed by atoms with Crippen LogP contribution in [-0.2, 0) is 0 Å². The van der Waals surface area contributed by atoms with Gasteiger partial charge in [0.05, 0.1) is 0 Å². The molecule has 0 atom stereocenters. The molecule has 1 aromatic rings. The van der Waals surface area contributed by atoms with Crippen molar-refractivity contribution in [2.45, 2.75) is 26.7 Å². The van der Waals surface area contributed by atoms with Gasteiger partial charge in [0.1, 0.15) is 12.4 Å². The predicted molar refractivity (Wildman–Crippen MR) is 76.6 cm³/mol. The molecular formula is C14H22BrNO. The first kappa shape index (κ1) is 14.5. The van der Waals surface area contributed by atoms with Crippen LogP contribution in [0.4, 0.5) is 0 Å². The second kappa shape index (κ2) is 8.54. The maximum absolute atomic E-state index is 5.62. The van der Waals surface area contributed by atoms with E-state index in [1.54, 1.807) is 0 Å². The normalized spacial score (nSPS) is 10.8. The first-order valence-corrected chi connectivity index (χ1v) is 7.07. The van der Waals surface area contributed by atoms with Crippen molar-refractivity contribution < 1.29 is 4.74 Å². The lowest BCUT2D eigenvalue weighted by Crippen LogP contribution is -2.22. The van der Waals surface area contributed by atoms with Crippen LogP contribution >= 0.6 is 15.9 Å². The Morgan fingerprint density at radius 3 is 2.82 bits per heavy atom. The fourth-order valence-corrected chi connectivity index (χ4v) is 1.94. The van der Waals surface area contributed by atoms with Gasteiger partial charge < -0.3 is 10.1 Å². The van der Waals surface area contributed by atoms with Crippen molar-refractivity contribution in [1.29, 1.82) is 0 Å². The Morgan fingerprint density at radius 2 is 2.12 bits per heavy atom. The first-order valence-electron chi connectivity index (χ1n) is 6.27. The Morgan fingerprint density at radius 1 is 1.29 bits per heavy atom. The molecule has 3 heteroatoms. The summed E-state index contributed by atoms with van der Waals surface area (Å²) in [6.07, 6.45) is 2.54. The Balaban J connectivity index is 2.01. The summed E-state index contributed by atoms with van der Waals surface area (Å²) in [5, 5.41) is 3.39. The standard InChI is InChI=1S/C14H22BrNO/c1-12(2)5-4-8-16-9-10-17-14-7-3-6-13(15)11-14/h3,6-7,11-12,16H,4-5,8-10H2,1-2H3. The highest BCUT2D eigenvalue weighted by Crippen LogP contribution is 2.17. The van der Waals surface area contributed by atoms with E-state index in [0.717, 1.165) is 35.8 Å². The molecule has 0 aromatic heterocycles. The van der Waals surface area contributed by atoms with Gasteiger partial charge >= 0.3 is 0 Å². The van der Waals surface area contributed by atoms with Gasteiger partial charge in [-0.2, -0.15) is 0 Å². The van der Waals surface area contributed by atoms with Crippen molar-refractivity contribution in [3.05, 3.63) is 28.7 Å². The molecule has 0 unspecified atom stereocenters. The Labute approximate surface area is 113 Å². The Bertz CT molecular complexity index is 315. The third-order valence-corrected chi connectivity index (χ3v) is 2.97. The molecule has 0 saturated heterocycles. The van der Waals surface area contributed by atoms with E-state index in [1.807, 2.05) is 24.3 Å². The summed E-state index contributed by atoms with van der Waals surface area (Å²) in [6, 6.07) is 7.94. The zero-order chi connectivity index (χ0) is 12.5. The van der Waals surface area contributed by atoms with Crippen molar-refractivity contribution in [2.75, 3.05) is 19.7 Å². The maximum atomic E-state index is 5.62. The highest BCUT2D eigenvalue weighted by Gasteiger charge is 1.95. The third kappa shape index (κ3) is 7.40. The van der Waals surface area contributed by atoms with Crippen LogP contribution in [0.15, 0.2) is 28.7 Å². The molecule has 96 valence electrons. The summed E-state index contributed by atoms with van der Waals surface area (Å²) in [7, 11) is 0. The van der Waals surface area contributed by atoms with Crippen molar-refractivity contribution in [3.63, 3.8) is 0 Å². The van der Waals surface area contributed by atoms with Crippen LogP contribution < -0.4 is 10.1 Å². The second-order valence-electron chi connectivity index (χ2n) is 4.59. The van der Waals surface area contributed by atoms with Crippen molar-refractivity contribution in [3.8, 4) is 5.75 Å². The van der Waals surface area contributed by atoms with Gasteiger partial charge in [-0.1, -0.05) is 35.8 Å². The van der Waals surface area contributed by atoms with Gasteiger partial charge in [0.15, 0.2) is 0 Å². The quantitative estimate of drug-likeness (QED) is 0.736. The molecule has 0 radical (unpaired) electrons. The minimum Gasteiger partial charge on any atom is -0.492 e. The molecule has 1 aromatic carbocycles. The summed E-state index contributed by atoms with van der Waals surface area (Å²) >= 11 is 3.42. The van der Waals surface area contributed by atoms with Crippen molar-refractivity contribution in [2.24, 2.45) is 5.92 Å². The third-order valence-electron chi connectivity index (χ3n) is 2.48. The lowest BCUT2D eigenvalue weighted by molar-refractivity contribution is 0.313. The molecule has 2 nitrogen and oxygen atoms in total. The van der Waals surface area contributed by atoms with Crippen LogP contribution in [0.2, 0.25) is 0 Å². The van der Waals surface area contributed by atoms with Crippen LogP contribution in [0.1, 0.15) is 26.7 Å². The molecule has 0 fully saturated rings. The molecular weight excluding hydrogens is 278 g/mol. The van der Waals surface area contributed by atoms with Gasteiger partial charge in [-0.15, -0.1) is 0 Å². The fraction of sp³-hybridized carbons (Fsp3) is 0.571.